The fraction of sp³-hybridized carbons (Fsp3) is 0.429. The molecular weight excluding hydrogens is 512 g/mol. The normalized spacial score (nSPS) is 15.0. The molecule has 4 rings (SSSR count). The van der Waals surface area contributed by atoms with E-state index in [0.29, 0.717) is 31.9 Å². The molecule has 1 heterocycles. The Kier molecular flexibility index (Phi) is 9.23. The molecule has 2 amide bonds. The molecule has 0 aromatic heterocycles. The van der Waals surface area contributed by atoms with Crippen LogP contribution in [0.2, 0.25) is 0 Å². The van der Waals surface area contributed by atoms with Gasteiger partial charge in [0, 0.05) is 35.7 Å². The number of ether oxygens (including phenoxy) is 2. The van der Waals surface area contributed by atoms with E-state index in [1.807, 2.05) is 77.7 Å². The van der Waals surface area contributed by atoms with Crippen LogP contribution in [-0.2, 0) is 20.4 Å². The Bertz CT molecular complexity index is 1260. The third-order valence-electron chi connectivity index (χ3n) is 7.70. The van der Waals surface area contributed by atoms with E-state index in [4.69, 9.17) is 9.47 Å². The number of carbonyl (C=O) groups is 2. The summed E-state index contributed by atoms with van der Waals surface area (Å²) in [6.45, 7) is 14.6. The number of morpholine rings is 1. The topological polar surface area (TPSA) is 67.9 Å². The van der Waals surface area contributed by atoms with Gasteiger partial charge in [0.15, 0.2) is 0 Å². The number of nitrogens with one attached hydrogen (secondary N) is 1. The molecule has 218 valence electrons. The highest BCUT2D eigenvalue weighted by molar-refractivity contribution is 5.99. The number of methoxy groups -OCH3 is 1. The maximum Gasteiger partial charge on any atom is 0.251 e. The van der Waals surface area contributed by atoms with Gasteiger partial charge in [-0.05, 0) is 34.1 Å². The molecule has 0 aliphatic carbocycles. The standard InChI is InChI=1S/C35H44N2O4/c1-34(2,3)27-22-26(23-28(31(27)40-7)35(4,5)6)32(38)36-30(33(39)37-18-20-41-21-19-37)29(24-14-10-8-11-15-24)25-16-12-9-13-17-25/h8-17,22-23,29-30H,18-21H2,1-7H3,(H,36,38)/t30-/m0/s1. The van der Waals surface area contributed by atoms with Crippen LogP contribution in [0.3, 0.4) is 0 Å². The van der Waals surface area contributed by atoms with E-state index in [-0.39, 0.29) is 28.6 Å². The minimum absolute atomic E-state index is 0.111. The molecule has 0 radical (unpaired) electrons. The van der Waals surface area contributed by atoms with Crippen molar-refractivity contribution in [3.05, 3.63) is 101 Å². The molecule has 0 bridgehead atoms. The Balaban J connectivity index is 1.84. The first-order valence-electron chi connectivity index (χ1n) is 14.4. The number of benzene rings is 3. The Morgan fingerprint density at radius 1 is 0.805 bits per heavy atom. The van der Waals surface area contributed by atoms with E-state index in [2.05, 4.69) is 46.9 Å². The van der Waals surface area contributed by atoms with Crippen LogP contribution in [-0.4, -0.2) is 56.2 Å². The molecule has 3 aromatic rings. The Labute approximate surface area is 245 Å². The first-order valence-corrected chi connectivity index (χ1v) is 14.4. The molecule has 3 aromatic carbocycles. The molecule has 41 heavy (non-hydrogen) atoms. The summed E-state index contributed by atoms with van der Waals surface area (Å²) in [7, 11) is 1.68. The molecule has 0 saturated carbocycles. The lowest BCUT2D eigenvalue weighted by Crippen LogP contribution is -2.54. The van der Waals surface area contributed by atoms with Crippen molar-refractivity contribution in [2.75, 3.05) is 33.4 Å². The SMILES string of the molecule is COc1c(C(C)(C)C)cc(C(=O)N[C@H](C(=O)N2CCOCC2)C(c2ccccc2)c2ccccc2)cc1C(C)(C)C. The smallest absolute Gasteiger partial charge is 0.251 e. The van der Waals surface area contributed by atoms with Crippen molar-refractivity contribution in [3.8, 4) is 5.75 Å². The fourth-order valence-electron chi connectivity index (χ4n) is 5.48. The van der Waals surface area contributed by atoms with Gasteiger partial charge in [-0.1, -0.05) is 102 Å². The van der Waals surface area contributed by atoms with E-state index in [1.54, 1.807) is 7.11 Å². The van der Waals surface area contributed by atoms with Crippen LogP contribution in [0.5, 0.6) is 5.75 Å². The highest BCUT2D eigenvalue weighted by atomic mass is 16.5. The van der Waals surface area contributed by atoms with Crippen molar-refractivity contribution >= 4 is 11.8 Å². The molecular formula is C35H44N2O4. The predicted molar refractivity (Wildman–Crippen MR) is 164 cm³/mol. The third kappa shape index (κ3) is 6.99. The summed E-state index contributed by atoms with van der Waals surface area (Å²) in [5.41, 5.74) is 3.83. The van der Waals surface area contributed by atoms with Crippen LogP contribution in [0.1, 0.15) is 80.1 Å². The average Bonchev–Trinajstić information content (AvgIpc) is 2.96. The number of carbonyl (C=O) groups excluding carboxylic acids is 2. The lowest BCUT2D eigenvalue weighted by molar-refractivity contribution is -0.137. The van der Waals surface area contributed by atoms with Gasteiger partial charge >= 0.3 is 0 Å². The summed E-state index contributed by atoms with van der Waals surface area (Å²) in [5, 5.41) is 3.21. The van der Waals surface area contributed by atoms with Gasteiger partial charge in [-0.25, -0.2) is 0 Å². The molecule has 1 saturated heterocycles. The minimum Gasteiger partial charge on any atom is -0.496 e. The fourth-order valence-corrected chi connectivity index (χ4v) is 5.48. The zero-order valence-electron chi connectivity index (χ0n) is 25.5. The van der Waals surface area contributed by atoms with E-state index in [9.17, 15) is 9.59 Å². The van der Waals surface area contributed by atoms with Crippen molar-refractivity contribution in [1.82, 2.24) is 10.2 Å². The van der Waals surface area contributed by atoms with Crippen molar-refractivity contribution in [2.45, 2.75) is 64.3 Å². The third-order valence-corrected chi connectivity index (χ3v) is 7.70. The summed E-state index contributed by atoms with van der Waals surface area (Å²) < 4.78 is 11.4. The van der Waals surface area contributed by atoms with Crippen molar-refractivity contribution in [1.29, 1.82) is 0 Å². The molecule has 1 aliphatic rings. The Hall–Kier alpha value is -3.64. The van der Waals surface area contributed by atoms with Gasteiger partial charge in [-0.2, -0.15) is 0 Å². The molecule has 1 atom stereocenters. The highest BCUT2D eigenvalue weighted by Crippen LogP contribution is 2.40. The maximum absolute atomic E-state index is 14.2. The van der Waals surface area contributed by atoms with Crippen LogP contribution in [0.25, 0.3) is 0 Å². The van der Waals surface area contributed by atoms with Crippen molar-refractivity contribution in [2.24, 2.45) is 0 Å². The van der Waals surface area contributed by atoms with Gasteiger partial charge in [0.25, 0.3) is 5.91 Å². The molecule has 0 unspecified atom stereocenters. The maximum atomic E-state index is 14.2. The van der Waals surface area contributed by atoms with Crippen molar-refractivity contribution in [3.63, 3.8) is 0 Å². The average molecular weight is 557 g/mol. The number of amides is 2. The van der Waals surface area contributed by atoms with E-state index in [1.165, 1.54) is 0 Å². The lowest BCUT2D eigenvalue weighted by atomic mass is 9.78. The van der Waals surface area contributed by atoms with Crippen LogP contribution in [0, 0.1) is 0 Å². The first kappa shape index (κ1) is 30.3. The van der Waals surface area contributed by atoms with Crippen LogP contribution in [0.4, 0.5) is 0 Å². The van der Waals surface area contributed by atoms with E-state index < -0.39 is 6.04 Å². The molecule has 6 nitrogen and oxygen atoms in total. The van der Waals surface area contributed by atoms with Crippen LogP contribution >= 0.6 is 0 Å². The molecule has 6 heteroatoms. The van der Waals surface area contributed by atoms with Gasteiger partial charge in [0.05, 0.1) is 20.3 Å². The number of hydrogen-bond donors (Lipinski definition) is 1. The second kappa shape index (κ2) is 12.5. The van der Waals surface area contributed by atoms with Gasteiger partial charge in [-0.15, -0.1) is 0 Å². The van der Waals surface area contributed by atoms with Gasteiger partial charge in [0.1, 0.15) is 11.8 Å². The number of rotatable bonds is 7. The zero-order chi connectivity index (χ0) is 29.8. The Morgan fingerprint density at radius 3 is 1.68 bits per heavy atom. The summed E-state index contributed by atoms with van der Waals surface area (Å²) in [6.07, 6.45) is 0. The summed E-state index contributed by atoms with van der Waals surface area (Å²) in [4.78, 5) is 30.3. The highest BCUT2D eigenvalue weighted by Gasteiger charge is 2.37. The second-order valence-corrected chi connectivity index (χ2v) is 12.8. The number of hydrogen-bond acceptors (Lipinski definition) is 4. The van der Waals surface area contributed by atoms with Gasteiger partial charge in [-0.3, -0.25) is 9.59 Å². The quantitative estimate of drug-likeness (QED) is 0.383. The van der Waals surface area contributed by atoms with Crippen molar-refractivity contribution < 1.29 is 19.1 Å². The monoisotopic (exact) mass is 556 g/mol. The molecule has 1 N–H and O–H groups in total. The molecule has 0 spiro atoms. The summed E-state index contributed by atoms with van der Waals surface area (Å²) >= 11 is 0. The summed E-state index contributed by atoms with van der Waals surface area (Å²) in [6, 6.07) is 22.9. The Morgan fingerprint density at radius 2 is 1.27 bits per heavy atom. The van der Waals surface area contributed by atoms with Gasteiger partial charge in [0.2, 0.25) is 5.91 Å². The second-order valence-electron chi connectivity index (χ2n) is 12.8. The molecule has 1 fully saturated rings. The molecule has 1 aliphatic heterocycles. The van der Waals surface area contributed by atoms with Crippen LogP contribution < -0.4 is 10.1 Å². The zero-order valence-corrected chi connectivity index (χ0v) is 25.5. The van der Waals surface area contributed by atoms with E-state index >= 15 is 0 Å². The first-order chi connectivity index (χ1) is 19.4. The number of nitrogens with zero attached hydrogens (tertiary/aromatic N) is 1. The predicted octanol–water partition coefficient (Wildman–Crippen LogP) is 6.08. The largest absolute Gasteiger partial charge is 0.496 e. The van der Waals surface area contributed by atoms with Crippen LogP contribution in [0.15, 0.2) is 72.8 Å². The summed E-state index contributed by atoms with van der Waals surface area (Å²) in [5.74, 6) is 0.0279. The lowest BCUT2D eigenvalue weighted by Gasteiger charge is -2.35. The van der Waals surface area contributed by atoms with E-state index in [0.717, 1.165) is 28.0 Å². The minimum atomic E-state index is -0.816. The van der Waals surface area contributed by atoms with Gasteiger partial charge < -0.3 is 19.7 Å².